The lowest BCUT2D eigenvalue weighted by molar-refractivity contribution is -0.144. The number of thioether (sulfide) groups is 1. The summed E-state index contributed by atoms with van der Waals surface area (Å²) in [6, 6.07) is 5.39. The number of aromatic nitrogens is 3. The van der Waals surface area contributed by atoms with Crippen molar-refractivity contribution >= 4 is 29.7 Å². The number of piperidine rings is 1. The summed E-state index contributed by atoms with van der Waals surface area (Å²) in [7, 11) is 0. The molecule has 1 saturated heterocycles. The van der Waals surface area contributed by atoms with Gasteiger partial charge in [0.15, 0.2) is 5.69 Å². The fraction of sp³-hybridized carbons (Fsp3) is 0.500. The first-order valence-electron chi connectivity index (χ1n) is 10.8. The zero-order chi connectivity index (χ0) is 25.0. The highest BCUT2D eigenvalue weighted by Gasteiger charge is 2.39. The van der Waals surface area contributed by atoms with Gasteiger partial charge in [0, 0.05) is 25.4 Å². The van der Waals surface area contributed by atoms with E-state index in [1.54, 1.807) is 12.1 Å². The number of carbonyl (C=O) groups excluding carboxylic acids is 1. The lowest BCUT2D eigenvalue weighted by atomic mass is 9.92. The van der Waals surface area contributed by atoms with Crippen LogP contribution in [-0.2, 0) is 10.5 Å². The van der Waals surface area contributed by atoms with E-state index in [0.29, 0.717) is 11.4 Å². The van der Waals surface area contributed by atoms with E-state index in [-0.39, 0.29) is 43.4 Å². The van der Waals surface area contributed by atoms with E-state index in [9.17, 15) is 29.0 Å². The summed E-state index contributed by atoms with van der Waals surface area (Å²) in [5.41, 5.74) is 0.615. The fourth-order valence-corrected chi connectivity index (χ4v) is 4.64. The molecule has 2 aromatic rings. The molecule has 34 heavy (non-hydrogen) atoms. The van der Waals surface area contributed by atoms with Crippen molar-refractivity contribution in [1.29, 1.82) is 0 Å². The molecule has 1 fully saturated rings. The Morgan fingerprint density at radius 2 is 1.94 bits per heavy atom. The first-order valence-corrected chi connectivity index (χ1v) is 12.2. The van der Waals surface area contributed by atoms with Crippen LogP contribution >= 0.6 is 11.8 Å². The van der Waals surface area contributed by atoms with Crippen LogP contribution in [0.1, 0.15) is 36.5 Å². The van der Waals surface area contributed by atoms with Gasteiger partial charge in [0.05, 0.1) is 17.7 Å². The Balaban J connectivity index is 2.02. The topological polar surface area (TPSA) is 129 Å². The second-order valence-corrected chi connectivity index (χ2v) is 9.51. The molecule has 1 aromatic heterocycles. The molecule has 0 spiro atoms. The Labute approximate surface area is 200 Å². The molecule has 184 valence electrons. The second kappa shape index (κ2) is 10.9. The summed E-state index contributed by atoms with van der Waals surface area (Å²) in [5, 5.41) is 27.2. The molecule has 10 nitrogen and oxygen atoms in total. The first kappa shape index (κ1) is 25.5. The summed E-state index contributed by atoms with van der Waals surface area (Å²) in [5.74, 6) is -2.68. The van der Waals surface area contributed by atoms with Crippen LogP contribution in [0.25, 0.3) is 5.69 Å². The number of hydrogen-bond donors (Lipinski definition) is 2. The molecule has 1 aliphatic rings. The SMILES string of the molecule is CSCc1c(C(=O)N(CC(C)C)[C@H]2C[C@@H](C(=O)O)CN(C(=O)O)C2)nnn1-c1ccccc1F. The van der Waals surface area contributed by atoms with Gasteiger partial charge in [-0.05, 0) is 30.7 Å². The number of nitrogens with zero attached hydrogens (tertiary/aromatic N) is 5. The van der Waals surface area contributed by atoms with Gasteiger partial charge in [0.25, 0.3) is 5.91 Å². The normalized spacial score (nSPS) is 18.2. The van der Waals surface area contributed by atoms with Crippen LogP contribution in [0.15, 0.2) is 24.3 Å². The molecule has 0 unspecified atom stereocenters. The molecule has 0 bridgehead atoms. The third-order valence-electron chi connectivity index (χ3n) is 5.64. The van der Waals surface area contributed by atoms with Crippen molar-refractivity contribution in [2.75, 3.05) is 25.9 Å². The number of carboxylic acid groups (broad SMARTS) is 2. The minimum atomic E-state index is -1.23. The van der Waals surface area contributed by atoms with Gasteiger partial charge in [-0.2, -0.15) is 11.8 Å². The van der Waals surface area contributed by atoms with Crippen LogP contribution in [0.4, 0.5) is 9.18 Å². The van der Waals surface area contributed by atoms with E-state index in [1.165, 1.54) is 33.5 Å². The Morgan fingerprint density at radius 3 is 2.53 bits per heavy atom. The number of benzene rings is 1. The van der Waals surface area contributed by atoms with Gasteiger partial charge < -0.3 is 20.0 Å². The van der Waals surface area contributed by atoms with Gasteiger partial charge in [-0.3, -0.25) is 9.59 Å². The van der Waals surface area contributed by atoms with Crippen LogP contribution in [0.3, 0.4) is 0 Å². The molecule has 12 heteroatoms. The number of carboxylic acids is 1. The number of carbonyl (C=O) groups is 3. The maximum Gasteiger partial charge on any atom is 0.407 e. The van der Waals surface area contributed by atoms with Crippen molar-refractivity contribution in [1.82, 2.24) is 24.8 Å². The summed E-state index contributed by atoms with van der Waals surface area (Å²) in [6.07, 6.45) is 0.723. The van der Waals surface area contributed by atoms with Crippen molar-refractivity contribution < 1.29 is 29.0 Å². The van der Waals surface area contributed by atoms with Gasteiger partial charge in [0.2, 0.25) is 0 Å². The van der Waals surface area contributed by atoms with Crippen molar-refractivity contribution in [2.24, 2.45) is 11.8 Å². The van der Waals surface area contributed by atoms with E-state index in [4.69, 9.17) is 0 Å². The predicted molar refractivity (Wildman–Crippen MR) is 124 cm³/mol. The highest BCUT2D eigenvalue weighted by molar-refractivity contribution is 7.97. The Morgan fingerprint density at radius 1 is 1.24 bits per heavy atom. The van der Waals surface area contributed by atoms with E-state index in [2.05, 4.69) is 10.3 Å². The zero-order valence-electron chi connectivity index (χ0n) is 19.2. The average Bonchev–Trinajstić information content (AvgIpc) is 3.20. The molecular formula is C22H28FN5O5S. The monoisotopic (exact) mass is 493 g/mol. The highest BCUT2D eigenvalue weighted by atomic mass is 32.2. The predicted octanol–water partition coefficient (Wildman–Crippen LogP) is 2.82. The van der Waals surface area contributed by atoms with Crippen LogP contribution in [0.2, 0.25) is 0 Å². The third-order valence-corrected chi connectivity index (χ3v) is 6.20. The number of amides is 2. The van der Waals surface area contributed by atoms with Crippen LogP contribution < -0.4 is 0 Å². The van der Waals surface area contributed by atoms with Crippen LogP contribution in [0.5, 0.6) is 0 Å². The van der Waals surface area contributed by atoms with Gasteiger partial charge in [-0.1, -0.05) is 31.2 Å². The van der Waals surface area contributed by atoms with E-state index < -0.39 is 35.7 Å². The number of hydrogen-bond acceptors (Lipinski definition) is 6. The maximum absolute atomic E-state index is 14.5. The highest BCUT2D eigenvalue weighted by Crippen LogP contribution is 2.26. The third kappa shape index (κ3) is 5.49. The molecule has 0 radical (unpaired) electrons. The average molecular weight is 494 g/mol. The van der Waals surface area contributed by atoms with Crippen molar-refractivity contribution in [3.8, 4) is 5.69 Å². The Hall–Kier alpha value is -3.15. The first-order chi connectivity index (χ1) is 16.1. The molecular weight excluding hydrogens is 465 g/mol. The summed E-state index contributed by atoms with van der Waals surface area (Å²) >= 11 is 1.42. The summed E-state index contributed by atoms with van der Waals surface area (Å²) < 4.78 is 15.8. The van der Waals surface area contributed by atoms with Gasteiger partial charge in [-0.15, -0.1) is 5.10 Å². The van der Waals surface area contributed by atoms with Crippen molar-refractivity contribution in [3.63, 3.8) is 0 Å². The molecule has 2 amide bonds. The summed E-state index contributed by atoms with van der Waals surface area (Å²) in [4.78, 5) is 39.6. The number of rotatable bonds is 8. The maximum atomic E-state index is 14.5. The van der Waals surface area contributed by atoms with E-state index >= 15 is 0 Å². The molecule has 2 atom stereocenters. The number of aliphatic carboxylic acids is 1. The van der Waals surface area contributed by atoms with Crippen molar-refractivity contribution in [2.45, 2.75) is 32.1 Å². The van der Waals surface area contributed by atoms with Gasteiger partial charge in [-0.25, -0.2) is 13.9 Å². The summed E-state index contributed by atoms with van der Waals surface area (Å²) in [6.45, 7) is 3.95. The molecule has 3 rings (SSSR count). The molecule has 1 aliphatic heterocycles. The standard InChI is InChI=1S/C22H28FN5O5S/c1-13(2)9-27(15-8-14(21(30)31)10-26(11-15)22(32)33)20(29)19-18(12-34-3)28(25-24-19)17-7-5-4-6-16(17)23/h4-7,13-15H,8-12H2,1-3H3,(H,30,31)(H,32,33)/t14-,15+/m1/s1. The van der Waals surface area contributed by atoms with Crippen molar-refractivity contribution in [3.05, 3.63) is 41.5 Å². The number of para-hydroxylation sites is 1. The van der Waals surface area contributed by atoms with Gasteiger partial charge in [0.1, 0.15) is 11.5 Å². The number of likely N-dealkylation sites (tertiary alicyclic amines) is 1. The molecule has 2 heterocycles. The fourth-order valence-electron chi connectivity index (χ4n) is 4.11. The minimum absolute atomic E-state index is 0.00309. The van der Waals surface area contributed by atoms with Gasteiger partial charge >= 0.3 is 12.1 Å². The zero-order valence-corrected chi connectivity index (χ0v) is 20.0. The molecule has 1 aromatic carbocycles. The smallest absolute Gasteiger partial charge is 0.407 e. The Bertz CT molecular complexity index is 1040. The lowest BCUT2D eigenvalue weighted by Gasteiger charge is -2.41. The minimum Gasteiger partial charge on any atom is -0.481 e. The number of halogens is 1. The Kier molecular flexibility index (Phi) is 8.13. The molecule has 0 aliphatic carbocycles. The van der Waals surface area contributed by atoms with Crippen LogP contribution in [-0.4, -0.2) is 84.9 Å². The molecule has 2 N–H and O–H groups in total. The van der Waals surface area contributed by atoms with Crippen LogP contribution in [0, 0.1) is 17.7 Å². The largest absolute Gasteiger partial charge is 0.481 e. The quantitative estimate of drug-likeness (QED) is 0.574. The second-order valence-electron chi connectivity index (χ2n) is 8.64. The molecule has 0 saturated carbocycles. The lowest BCUT2D eigenvalue weighted by Crippen LogP contribution is -2.56. The van der Waals surface area contributed by atoms with E-state index in [1.807, 2.05) is 20.1 Å². The van der Waals surface area contributed by atoms with E-state index in [0.717, 1.165) is 4.90 Å².